The van der Waals surface area contributed by atoms with Gasteiger partial charge in [0.1, 0.15) is 0 Å². The van der Waals surface area contributed by atoms with Gasteiger partial charge in [-0.25, -0.2) is 0 Å². The summed E-state index contributed by atoms with van der Waals surface area (Å²) in [7, 11) is 1.77. The molecule has 1 aliphatic heterocycles. The van der Waals surface area contributed by atoms with E-state index >= 15 is 0 Å². The lowest BCUT2D eigenvalue weighted by molar-refractivity contribution is -0.237. The number of piperidine rings is 1. The smallest absolute Gasteiger partial charge is 0.0575 e. The Morgan fingerprint density at radius 3 is 2.23 bits per heavy atom. The fourth-order valence-corrected chi connectivity index (χ4v) is 2.18. The van der Waals surface area contributed by atoms with Crippen LogP contribution in [0.2, 0.25) is 0 Å². The van der Waals surface area contributed by atoms with Crippen LogP contribution in [0.5, 0.6) is 0 Å². The topological polar surface area (TPSA) is 12.5 Å². The predicted molar refractivity (Wildman–Crippen MR) is 55.4 cm³/mol. The third-order valence-corrected chi connectivity index (χ3v) is 3.59. The van der Waals surface area contributed by atoms with Crippen LogP contribution in [-0.2, 0) is 4.84 Å². The molecule has 0 radical (unpaired) electrons. The summed E-state index contributed by atoms with van der Waals surface area (Å²) < 4.78 is 0. The third-order valence-electron chi connectivity index (χ3n) is 3.59. The summed E-state index contributed by atoms with van der Waals surface area (Å²) in [5, 5.41) is 2.12. The van der Waals surface area contributed by atoms with E-state index in [2.05, 4.69) is 39.7 Å². The molecule has 1 rings (SSSR count). The highest BCUT2D eigenvalue weighted by Crippen LogP contribution is 2.41. The van der Waals surface area contributed by atoms with Crippen molar-refractivity contribution in [2.24, 2.45) is 11.3 Å². The van der Waals surface area contributed by atoms with Crippen LogP contribution >= 0.6 is 0 Å². The Hall–Kier alpha value is -0.0800. The first kappa shape index (κ1) is 11.0. The third kappa shape index (κ3) is 2.05. The number of hydroxylamine groups is 2. The Morgan fingerprint density at radius 1 is 1.23 bits per heavy atom. The molecule has 1 unspecified atom stereocenters. The van der Waals surface area contributed by atoms with Crippen molar-refractivity contribution in [1.82, 2.24) is 5.06 Å². The monoisotopic (exact) mass is 185 g/mol. The standard InChI is InChI=1S/C11H23NO/c1-9-7-11(4,5)12(13-6)8-10(9,2)3/h9H,7-8H2,1-6H3. The molecule has 1 atom stereocenters. The molecule has 1 fully saturated rings. The van der Waals surface area contributed by atoms with Gasteiger partial charge in [-0.3, -0.25) is 0 Å². The van der Waals surface area contributed by atoms with Gasteiger partial charge in [0, 0.05) is 12.1 Å². The Balaban J connectivity index is 2.79. The number of hydrogen-bond acceptors (Lipinski definition) is 2. The Kier molecular flexibility index (Phi) is 2.75. The van der Waals surface area contributed by atoms with Gasteiger partial charge in [-0.15, -0.1) is 0 Å². The average Bonchev–Trinajstić information content (AvgIpc) is 1.97. The van der Waals surface area contributed by atoms with E-state index in [4.69, 9.17) is 4.84 Å². The highest BCUT2D eigenvalue weighted by molar-refractivity contribution is 4.92. The Morgan fingerprint density at radius 2 is 1.77 bits per heavy atom. The maximum atomic E-state index is 5.42. The summed E-state index contributed by atoms with van der Waals surface area (Å²) in [4.78, 5) is 5.42. The van der Waals surface area contributed by atoms with Crippen molar-refractivity contribution in [3.63, 3.8) is 0 Å². The molecule has 1 aliphatic rings. The molecular formula is C11H23NO. The zero-order valence-corrected chi connectivity index (χ0v) is 9.85. The SMILES string of the molecule is CON1CC(C)(C)C(C)CC1(C)C. The minimum absolute atomic E-state index is 0.184. The molecule has 2 heteroatoms. The summed E-state index contributed by atoms with van der Waals surface area (Å²) in [5.74, 6) is 0.758. The molecule has 13 heavy (non-hydrogen) atoms. The maximum Gasteiger partial charge on any atom is 0.0575 e. The highest BCUT2D eigenvalue weighted by atomic mass is 16.7. The average molecular weight is 185 g/mol. The van der Waals surface area contributed by atoms with Crippen molar-refractivity contribution in [3.05, 3.63) is 0 Å². The maximum absolute atomic E-state index is 5.42. The van der Waals surface area contributed by atoms with Gasteiger partial charge >= 0.3 is 0 Å². The summed E-state index contributed by atoms with van der Waals surface area (Å²) in [6.45, 7) is 12.5. The summed E-state index contributed by atoms with van der Waals surface area (Å²) >= 11 is 0. The van der Waals surface area contributed by atoms with Gasteiger partial charge in [0.25, 0.3) is 0 Å². The first-order valence-corrected chi connectivity index (χ1v) is 5.11. The van der Waals surface area contributed by atoms with Crippen molar-refractivity contribution < 1.29 is 4.84 Å². The van der Waals surface area contributed by atoms with Gasteiger partial charge < -0.3 is 4.84 Å². The molecule has 0 aliphatic carbocycles. The molecule has 0 amide bonds. The van der Waals surface area contributed by atoms with Crippen molar-refractivity contribution >= 4 is 0 Å². The minimum Gasteiger partial charge on any atom is -0.302 e. The largest absolute Gasteiger partial charge is 0.302 e. The predicted octanol–water partition coefficient (Wildman–Crippen LogP) is 2.69. The molecule has 78 valence electrons. The second-order valence-electron chi connectivity index (χ2n) is 5.63. The van der Waals surface area contributed by atoms with Crippen LogP contribution in [0.4, 0.5) is 0 Å². The van der Waals surface area contributed by atoms with E-state index in [0.29, 0.717) is 5.41 Å². The van der Waals surface area contributed by atoms with E-state index in [0.717, 1.165) is 12.5 Å². The molecule has 0 spiro atoms. The quantitative estimate of drug-likeness (QED) is 0.623. The molecule has 0 aromatic rings. The van der Waals surface area contributed by atoms with Crippen LogP contribution < -0.4 is 0 Å². The van der Waals surface area contributed by atoms with Crippen LogP contribution in [0.3, 0.4) is 0 Å². The van der Waals surface area contributed by atoms with Gasteiger partial charge in [-0.1, -0.05) is 20.8 Å². The first-order valence-electron chi connectivity index (χ1n) is 5.11. The van der Waals surface area contributed by atoms with E-state index in [-0.39, 0.29) is 5.54 Å². The summed E-state index contributed by atoms with van der Waals surface area (Å²) in [6, 6.07) is 0. The lowest BCUT2D eigenvalue weighted by Crippen LogP contribution is -2.55. The highest BCUT2D eigenvalue weighted by Gasteiger charge is 2.42. The number of rotatable bonds is 1. The van der Waals surface area contributed by atoms with E-state index in [1.165, 1.54) is 6.42 Å². The molecular weight excluding hydrogens is 162 g/mol. The lowest BCUT2D eigenvalue weighted by atomic mass is 9.70. The second-order valence-corrected chi connectivity index (χ2v) is 5.63. The van der Waals surface area contributed by atoms with Crippen LogP contribution in [0.25, 0.3) is 0 Å². The van der Waals surface area contributed by atoms with Gasteiger partial charge in [0.15, 0.2) is 0 Å². The lowest BCUT2D eigenvalue weighted by Gasteiger charge is -2.50. The molecule has 2 nitrogen and oxygen atoms in total. The summed E-state index contributed by atoms with van der Waals surface area (Å²) in [6.07, 6.45) is 1.20. The van der Waals surface area contributed by atoms with Gasteiger partial charge in [-0.2, -0.15) is 5.06 Å². The number of hydrogen-bond donors (Lipinski definition) is 0. The molecule has 1 heterocycles. The van der Waals surface area contributed by atoms with E-state index < -0.39 is 0 Å². The van der Waals surface area contributed by atoms with Crippen LogP contribution in [-0.4, -0.2) is 24.3 Å². The van der Waals surface area contributed by atoms with Crippen molar-refractivity contribution in [2.45, 2.75) is 46.6 Å². The normalized spacial score (nSPS) is 33.2. The molecule has 0 aromatic heterocycles. The number of nitrogens with zero attached hydrogens (tertiary/aromatic N) is 1. The van der Waals surface area contributed by atoms with Crippen LogP contribution in [0.15, 0.2) is 0 Å². The fraction of sp³-hybridized carbons (Fsp3) is 1.00. The van der Waals surface area contributed by atoms with E-state index in [9.17, 15) is 0 Å². The molecule has 1 saturated heterocycles. The van der Waals surface area contributed by atoms with Gasteiger partial charge in [0.05, 0.1) is 7.11 Å². The van der Waals surface area contributed by atoms with Crippen molar-refractivity contribution in [1.29, 1.82) is 0 Å². The Bertz CT molecular complexity index is 187. The second kappa shape index (κ2) is 3.25. The fourth-order valence-electron chi connectivity index (χ4n) is 2.18. The van der Waals surface area contributed by atoms with Gasteiger partial charge in [0.2, 0.25) is 0 Å². The first-order chi connectivity index (χ1) is 5.79. The zero-order valence-electron chi connectivity index (χ0n) is 9.85. The van der Waals surface area contributed by atoms with Crippen molar-refractivity contribution in [2.75, 3.05) is 13.7 Å². The van der Waals surface area contributed by atoms with Crippen LogP contribution in [0, 0.1) is 11.3 Å². The molecule has 0 bridgehead atoms. The molecule has 0 aromatic carbocycles. The van der Waals surface area contributed by atoms with Crippen LogP contribution in [0.1, 0.15) is 41.0 Å². The van der Waals surface area contributed by atoms with Crippen molar-refractivity contribution in [3.8, 4) is 0 Å². The molecule has 0 saturated carbocycles. The zero-order chi connectivity index (χ0) is 10.3. The van der Waals surface area contributed by atoms with E-state index in [1.807, 2.05) is 0 Å². The minimum atomic E-state index is 0.184. The molecule has 0 N–H and O–H groups in total. The Labute approximate surface area is 82.2 Å². The van der Waals surface area contributed by atoms with Gasteiger partial charge in [-0.05, 0) is 31.6 Å². The van der Waals surface area contributed by atoms with E-state index in [1.54, 1.807) is 7.11 Å². The summed E-state index contributed by atoms with van der Waals surface area (Å²) in [5.41, 5.74) is 0.551.